The molecule has 0 fully saturated rings. The highest BCUT2D eigenvalue weighted by molar-refractivity contribution is 9.10. The lowest BCUT2D eigenvalue weighted by molar-refractivity contribution is -0.383. The Bertz CT molecular complexity index is 936. The molecular weight excluding hydrogens is 447 g/mol. The molecular formula is C17H11BrClFN2O5. The van der Waals surface area contributed by atoms with Gasteiger partial charge in [-0.25, -0.2) is 9.18 Å². The summed E-state index contributed by atoms with van der Waals surface area (Å²) in [6.07, 6.45) is 2.15. The van der Waals surface area contributed by atoms with Gasteiger partial charge in [0.2, 0.25) is 0 Å². The number of hydrogen-bond acceptors (Lipinski definition) is 5. The fourth-order valence-corrected chi connectivity index (χ4v) is 2.49. The van der Waals surface area contributed by atoms with Gasteiger partial charge >= 0.3 is 5.97 Å². The van der Waals surface area contributed by atoms with Gasteiger partial charge in [0.15, 0.2) is 6.61 Å². The van der Waals surface area contributed by atoms with Crippen molar-refractivity contribution in [3.8, 4) is 0 Å². The van der Waals surface area contributed by atoms with Crippen molar-refractivity contribution in [1.82, 2.24) is 0 Å². The molecule has 0 radical (unpaired) electrons. The van der Waals surface area contributed by atoms with Gasteiger partial charge in [-0.1, -0.05) is 27.5 Å². The van der Waals surface area contributed by atoms with Gasteiger partial charge in [-0.15, -0.1) is 0 Å². The van der Waals surface area contributed by atoms with Crippen molar-refractivity contribution in [2.24, 2.45) is 0 Å². The highest BCUT2D eigenvalue weighted by Gasteiger charge is 2.16. The van der Waals surface area contributed by atoms with Crippen LogP contribution in [-0.2, 0) is 14.3 Å². The third kappa shape index (κ3) is 6.15. The van der Waals surface area contributed by atoms with Crippen LogP contribution in [0.2, 0.25) is 5.02 Å². The molecule has 1 amide bonds. The summed E-state index contributed by atoms with van der Waals surface area (Å²) >= 11 is 8.93. The molecule has 0 atom stereocenters. The largest absolute Gasteiger partial charge is 0.452 e. The van der Waals surface area contributed by atoms with E-state index in [1.807, 2.05) is 0 Å². The number of halogens is 3. The number of esters is 1. The number of nitrogens with one attached hydrogen (secondary N) is 1. The van der Waals surface area contributed by atoms with Crippen molar-refractivity contribution in [3.63, 3.8) is 0 Å². The number of carbonyl (C=O) groups excluding carboxylic acids is 2. The van der Waals surface area contributed by atoms with Crippen LogP contribution in [0.5, 0.6) is 0 Å². The van der Waals surface area contributed by atoms with E-state index >= 15 is 0 Å². The summed E-state index contributed by atoms with van der Waals surface area (Å²) in [5.74, 6) is -2.21. The highest BCUT2D eigenvalue weighted by Crippen LogP contribution is 2.27. The maximum Gasteiger partial charge on any atom is 0.331 e. The Labute approximate surface area is 166 Å². The lowest BCUT2D eigenvalue weighted by atomic mass is 10.2. The predicted octanol–water partition coefficient (Wildman–Crippen LogP) is 4.34. The molecule has 2 rings (SSSR count). The Morgan fingerprint density at radius 2 is 2.04 bits per heavy atom. The summed E-state index contributed by atoms with van der Waals surface area (Å²) in [6.45, 7) is -0.687. The van der Waals surface area contributed by atoms with Gasteiger partial charge in [-0.2, -0.15) is 0 Å². The summed E-state index contributed by atoms with van der Waals surface area (Å²) in [5.41, 5.74) is -0.329. The lowest BCUT2D eigenvalue weighted by Gasteiger charge is -2.06. The summed E-state index contributed by atoms with van der Waals surface area (Å²) in [5, 5.41) is 13.4. The Kier molecular flexibility index (Phi) is 7.03. The minimum absolute atomic E-state index is 0.125. The normalized spacial score (nSPS) is 10.6. The quantitative estimate of drug-likeness (QED) is 0.301. The van der Waals surface area contributed by atoms with E-state index in [-0.39, 0.29) is 22.0 Å². The molecule has 0 heterocycles. The summed E-state index contributed by atoms with van der Waals surface area (Å²) in [7, 11) is 0. The fourth-order valence-electron chi connectivity index (χ4n) is 1.94. The molecule has 10 heteroatoms. The number of nitro benzene ring substituents is 1. The lowest BCUT2D eigenvalue weighted by Crippen LogP contribution is -2.20. The molecule has 0 aliphatic rings. The Hall–Kier alpha value is -2.78. The Morgan fingerprint density at radius 3 is 2.74 bits per heavy atom. The number of benzene rings is 2. The number of rotatable bonds is 6. The highest BCUT2D eigenvalue weighted by atomic mass is 79.9. The first-order chi connectivity index (χ1) is 12.8. The number of nitrogens with zero attached hydrogens (tertiary/aromatic N) is 1. The fraction of sp³-hybridized carbons (Fsp3) is 0.0588. The zero-order valence-corrected chi connectivity index (χ0v) is 15.8. The van der Waals surface area contributed by atoms with E-state index in [0.717, 1.165) is 12.1 Å². The van der Waals surface area contributed by atoms with Crippen LogP contribution in [0.3, 0.4) is 0 Å². The minimum atomic E-state index is -0.884. The van der Waals surface area contributed by atoms with Crippen LogP contribution in [0.4, 0.5) is 15.8 Å². The monoisotopic (exact) mass is 456 g/mol. The average Bonchev–Trinajstić information content (AvgIpc) is 2.60. The minimum Gasteiger partial charge on any atom is -0.452 e. The van der Waals surface area contributed by atoms with E-state index in [0.29, 0.717) is 4.47 Å². The first-order valence-corrected chi connectivity index (χ1v) is 8.47. The van der Waals surface area contributed by atoms with Crippen LogP contribution in [0.15, 0.2) is 46.9 Å². The summed E-state index contributed by atoms with van der Waals surface area (Å²) < 4.78 is 18.9. The van der Waals surface area contributed by atoms with E-state index in [2.05, 4.69) is 21.2 Å². The molecule has 140 valence electrons. The van der Waals surface area contributed by atoms with E-state index in [1.54, 1.807) is 0 Å². The van der Waals surface area contributed by atoms with Gasteiger partial charge in [0.1, 0.15) is 11.5 Å². The first kappa shape index (κ1) is 20.5. The van der Waals surface area contributed by atoms with Gasteiger partial charge in [0.05, 0.1) is 4.92 Å². The second-order valence-corrected chi connectivity index (χ2v) is 6.43. The molecule has 0 bridgehead atoms. The molecule has 27 heavy (non-hydrogen) atoms. The van der Waals surface area contributed by atoms with Crippen molar-refractivity contribution in [2.45, 2.75) is 0 Å². The Morgan fingerprint density at radius 1 is 1.30 bits per heavy atom. The first-order valence-electron chi connectivity index (χ1n) is 7.30. The topological polar surface area (TPSA) is 98.5 Å². The van der Waals surface area contributed by atoms with E-state index < -0.39 is 29.2 Å². The number of nitro groups is 1. The molecule has 0 aliphatic heterocycles. The number of amides is 1. The predicted molar refractivity (Wildman–Crippen MR) is 101 cm³/mol. The van der Waals surface area contributed by atoms with Crippen molar-refractivity contribution in [1.29, 1.82) is 0 Å². The third-order valence-electron chi connectivity index (χ3n) is 3.13. The molecule has 2 aromatic rings. The summed E-state index contributed by atoms with van der Waals surface area (Å²) in [6, 6.07) is 7.84. The van der Waals surface area contributed by atoms with Crippen molar-refractivity contribution < 1.29 is 23.6 Å². The van der Waals surface area contributed by atoms with Gasteiger partial charge in [-0.3, -0.25) is 14.9 Å². The third-order valence-corrected chi connectivity index (χ3v) is 3.86. The molecule has 1 N–H and O–H groups in total. The molecule has 7 nitrogen and oxygen atoms in total. The molecule has 0 aliphatic carbocycles. The van der Waals surface area contributed by atoms with Gasteiger partial charge in [-0.05, 0) is 36.4 Å². The molecule has 0 aromatic heterocycles. The van der Waals surface area contributed by atoms with E-state index in [4.69, 9.17) is 16.3 Å². The van der Waals surface area contributed by atoms with Crippen LogP contribution in [-0.4, -0.2) is 23.4 Å². The SMILES string of the molecule is O=C(COC(=O)/C=C/c1cc(Br)ccc1F)Nc1cc(Cl)ccc1[N+](=O)[O-]. The van der Waals surface area contributed by atoms with Gasteiger partial charge in [0, 0.05) is 27.2 Å². The van der Waals surface area contributed by atoms with Gasteiger partial charge in [0.25, 0.3) is 11.6 Å². The van der Waals surface area contributed by atoms with E-state index in [1.165, 1.54) is 36.4 Å². The molecule has 0 unspecified atom stereocenters. The van der Waals surface area contributed by atoms with Gasteiger partial charge < -0.3 is 10.1 Å². The molecule has 0 spiro atoms. The standard InChI is InChI=1S/C17H11BrClFN2O5/c18-11-2-4-13(20)10(7-11)1-6-17(24)27-9-16(23)21-14-8-12(19)3-5-15(14)22(25)26/h1-8H,9H2,(H,21,23)/b6-1+. The van der Waals surface area contributed by atoms with Crippen LogP contribution in [0, 0.1) is 15.9 Å². The second-order valence-electron chi connectivity index (χ2n) is 5.07. The van der Waals surface area contributed by atoms with Crippen molar-refractivity contribution in [3.05, 3.63) is 73.5 Å². The van der Waals surface area contributed by atoms with Crippen molar-refractivity contribution in [2.75, 3.05) is 11.9 Å². The van der Waals surface area contributed by atoms with Crippen LogP contribution < -0.4 is 5.32 Å². The number of ether oxygens (including phenoxy) is 1. The Balaban J connectivity index is 1.95. The van der Waals surface area contributed by atoms with Crippen LogP contribution >= 0.6 is 27.5 Å². The number of carbonyl (C=O) groups is 2. The smallest absolute Gasteiger partial charge is 0.331 e. The number of hydrogen-bond donors (Lipinski definition) is 1. The summed E-state index contributed by atoms with van der Waals surface area (Å²) in [4.78, 5) is 33.7. The maximum absolute atomic E-state index is 13.6. The zero-order valence-electron chi connectivity index (χ0n) is 13.4. The van der Waals surface area contributed by atoms with Crippen molar-refractivity contribution >= 4 is 56.9 Å². The number of anilines is 1. The zero-order chi connectivity index (χ0) is 20.0. The van der Waals surface area contributed by atoms with Crippen LogP contribution in [0.1, 0.15) is 5.56 Å². The molecule has 0 saturated heterocycles. The maximum atomic E-state index is 13.6. The van der Waals surface area contributed by atoms with Crippen LogP contribution in [0.25, 0.3) is 6.08 Å². The average molecular weight is 458 g/mol. The second kappa shape index (κ2) is 9.24. The molecule has 0 saturated carbocycles. The molecule has 2 aromatic carbocycles. The van der Waals surface area contributed by atoms with E-state index in [9.17, 15) is 24.1 Å².